The first kappa shape index (κ1) is 17.5. The van der Waals surface area contributed by atoms with Gasteiger partial charge in [-0.05, 0) is 32.9 Å². The zero-order chi connectivity index (χ0) is 18.1. The number of carbonyl (C=O) groups excluding carboxylic acids is 2. The Balaban J connectivity index is 2.54. The van der Waals surface area contributed by atoms with Gasteiger partial charge in [-0.3, -0.25) is 9.59 Å². The first-order chi connectivity index (χ1) is 11.1. The van der Waals surface area contributed by atoms with Gasteiger partial charge in [0.15, 0.2) is 11.5 Å². The van der Waals surface area contributed by atoms with Crippen molar-refractivity contribution in [3.05, 3.63) is 23.6 Å². The molecule has 0 atom stereocenters. The second-order valence-corrected chi connectivity index (χ2v) is 6.24. The molecule has 0 fully saturated rings. The van der Waals surface area contributed by atoms with Crippen LogP contribution in [0.4, 0.5) is 0 Å². The van der Waals surface area contributed by atoms with Crippen molar-refractivity contribution >= 4 is 11.7 Å². The van der Waals surface area contributed by atoms with E-state index in [0.29, 0.717) is 5.89 Å². The molecular formula is C16H19N3O5. The molecule has 0 saturated heterocycles. The Labute approximate surface area is 138 Å². The molecule has 1 aromatic heterocycles. The van der Waals surface area contributed by atoms with Crippen LogP contribution < -0.4 is 10.1 Å². The second kappa shape index (κ2) is 6.31. The van der Waals surface area contributed by atoms with Crippen LogP contribution in [0.1, 0.15) is 37.0 Å². The fraction of sp³-hybridized carbons (Fsp3) is 0.375. The third-order valence-electron chi connectivity index (χ3n) is 3.03. The average Bonchev–Trinajstić information content (AvgIpc) is 2.90. The normalized spacial score (nSPS) is 11.2. The molecule has 8 heteroatoms. The molecule has 0 spiro atoms. The average molecular weight is 333 g/mol. The number of benzene rings is 1. The van der Waals surface area contributed by atoms with Crippen LogP contribution in [0.25, 0.3) is 11.4 Å². The highest BCUT2D eigenvalue weighted by atomic mass is 16.5. The van der Waals surface area contributed by atoms with Crippen LogP contribution in [-0.4, -0.2) is 39.6 Å². The lowest BCUT2D eigenvalue weighted by molar-refractivity contribution is -0.118. The Kier molecular flexibility index (Phi) is 4.59. The molecule has 0 aliphatic heterocycles. The summed E-state index contributed by atoms with van der Waals surface area (Å²) in [4.78, 5) is 28.8. The maximum absolute atomic E-state index is 12.5. The van der Waals surface area contributed by atoms with E-state index in [0.717, 1.165) is 6.07 Å². The summed E-state index contributed by atoms with van der Waals surface area (Å²) in [5.74, 6) is -1.34. The number of aromatic hydroxyl groups is 1. The van der Waals surface area contributed by atoms with Gasteiger partial charge in [0.25, 0.3) is 11.7 Å². The summed E-state index contributed by atoms with van der Waals surface area (Å²) in [6, 6.07) is 2.54. The molecule has 1 heterocycles. The van der Waals surface area contributed by atoms with E-state index in [1.54, 1.807) is 27.7 Å². The molecular weight excluding hydrogens is 314 g/mol. The lowest BCUT2D eigenvalue weighted by atomic mass is 10.00. The number of ketones is 1. The monoisotopic (exact) mass is 333 g/mol. The number of methoxy groups -OCH3 is 1. The van der Waals surface area contributed by atoms with Crippen molar-refractivity contribution in [1.29, 1.82) is 0 Å². The first-order valence-corrected chi connectivity index (χ1v) is 7.21. The number of amides is 1. The van der Waals surface area contributed by atoms with Gasteiger partial charge in [-0.25, -0.2) is 0 Å². The molecule has 128 valence electrons. The molecule has 1 amide bonds. The second-order valence-electron chi connectivity index (χ2n) is 6.24. The summed E-state index contributed by atoms with van der Waals surface area (Å²) in [6.07, 6.45) is 0. The lowest BCUT2D eigenvalue weighted by Gasteiger charge is -2.20. The lowest BCUT2D eigenvalue weighted by Crippen LogP contribution is -2.44. The highest BCUT2D eigenvalue weighted by molar-refractivity contribution is 6.44. The van der Waals surface area contributed by atoms with Crippen LogP contribution in [0.15, 0.2) is 16.7 Å². The molecule has 1 aromatic carbocycles. The van der Waals surface area contributed by atoms with Gasteiger partial charge in [0.05, 0.1) is 7.11 Å². The minimum absolute atomic E-state index is 0.0455. The summed E-state index contributed by atoms with van der Waals surface area (Å²) in [7, 11) is 1.37. The highest BCUT2D eigenvalue weighted by Gasteiger charge is 2.27. The Morgan fingerprint density at radius 2 is 1.96 bits per heavy atom. The standard InChI is InChI=1S/C16H19N3O5/c1-8-17-14(19-24-8)10-7-12(23-5)11(20)6-9(10)13(21)15(22)18-16(2,3)4/h6-7,20H,1-5H3,(H,18,22). The predicted octanol–water partition coefficient (Wildman–Crippen LogP) is 1.86. The Bertz CT molecular complexity index is 789. The number of nitrogens with zero attached hydrogens (tertiary/aromatic N) is 2. The van der Waals surface area contributed by atoms with Crippen molar-refractivity contribution < 1.29 is 24.0 Å². The van der Waals surface area contributed by atoms with Crippen LogP contribution in [0, 0.1) is 6.92 Å². The van der Waals surface area contributed by atoms with Gasteiger partial charge in [0.2, 0.25) is 11.7 Å². The van der Waals surface area contributed by atoms with E-state index in [9.17, 15) is 14.7 Å². The number of carbonyl (C=O) groups is 2. The molecule has 8 nitrogen and oxygen atoms in total. The minimum Gasteiger partial charge on any atom is -0.504 e. The number of hydrogen-bond acceptors (Lipinski definition) is 7. The van der Waals surface area contributed by atoms with Crippen molar-refractivity contribution in [3.8, 4) is 22.9 Å². The smallest absolute Gasteiger partial charge is 0.292 e. The van der Waals surface area contributed by atoms with Gasteiger partial charge in [0, 0.05) is 23.6 Å². The van der Waals surface area contributed by atoms with Crippen molar-refractivity contribution in [2.45, 2.75) is 33.2 Å². The summed E-state index contributed by atoms with van der Waals surface area (Å²) < 4.78 is 9.96. The Morgan fingerprint density at radius 3 is 2.46 bits per heavy atom. The number of ether oxygens (including phenoxy) is 1. The number of aromatic nitrogens is 2. The first-order valence-electron chi connectivity index (χ1n) is 7.21. The maximum Gasteiger partial charge on any atom is 0.292 e. The molecule has 24 heavy (non-hydrogen) atoms. The maximum atomic E-state index is 12.5. The number of aryl methyl sites for hydroxylation is 1. The molecule has 0 aliphatic carbocycles. The van der Waals surface area contributed by atoms with Crippen LogP contribution in [0.3, 0.4) is 0 Å². The number of nitrogens with one attached hydrogen (secondary N) is 1. The van der Waals surface area contributed by atoms with Crippen LogP contribution in [0.5, 0.6) is 11.5 Å². The third-order valence-corrected chi connectivity index (χ3v) is 3.03. The molecule has 2 N–H and O–H groups in total. The topological polar surface area (TPSA) is 115 Å². The van der Waals surface area contributed by atoms with Gasteiger partial charge in [-0.2, -0.15) is 4.98 Å². The highest BCUT2D eigenvalue weighted by Crippen LogP contribution is 2.34. The number of Topliss-reactive ketones (excluding diaryl/α,β-unsaturated/α-hetero) is 1. The van der Waals surface area contributed by atoms with Crippen LogP contribution in [0.2, 0.25) is 0 Å². The van der Waals surface area contributed by atoms with Gasteiger partial charge in [-0.1, -0.05) is 5.16 Å². The fourth-order valence-electron chi connectivity index (χ4n) is 2.03. The molecule has 2 rings (SSSR count). The minimum atomic E-state index is -0.819. The number of phenols is 1. The summed E-state index contributed by atoms with van der Waals surface area (Å²) >= 11 is 0. The third kappa shape index (κ3) is 3.70. The number of rotatable bonds is 4. The number of phenolic OH excluding ortho intramolecular Hbond substituents is 1. The van der Waals surface area contributed by atoms with E-state index in [2.05, 4.69) is 15.5 Å². The summed E-state index contributed by atoms with van der Waals surface area (Å²) in [5.41, 5.74) is -0.393. The molecule has 0 radical (unpaired) electrons. The van der Waals surface area contributed by atoms with Gasteiger partial charge in [-0.15, -0.1) is 0 Å². The van der Waals surface area contributed by atoms with E-state index in [4.69, 9.17) is 9.26 Å². The van der Waals surface area contributed by atoms with Gasteiger partial charge in [0.1, 0.15) is 0 Å². The fourth-order valence-corrected chi connectivity index (χ4v) is 2.03. The Hall–Kier alpha value is -2.90. The Morgan fingerprint density at radius 1 is 1.29 bits per heavy atom. The van der Waals surface area contributed by atoms with Crippen molar-refractivity contribution in [2.75, 3.05) is 7.11 Å². The van der Waals surface area contributed by atoms with E-state index in [-0.39, 0.29) is 28.5 Å². The van der Waals surface area contributed by atoms with Crippen molar-refractivity contribution in [1.82, 2.24) is 15.5 Å². The largest absolute Gasteiger partial charge is 0.504 e. The van der Waals surface area contributed by atoms with Crippen molar-refractivity contribution in [2.24, 2.45) is 0 Å². The van der Waals surface area contributed by atoms with Gasteiger partial charge < -0.3 is 19.7 Å². The van der Waals surface area contributed by atoms with E-state index >= 15 is 0 Å². The van der Waals surface area contributed by atoms with Crippen LogP contribution in [-0.2, 0) is 4.79 Å². The molecule has 0 unspecified atom stereocenters. The predicted molar refractivity (Wildman–Crippen MR) is 84.9 cm³/mol. The SMILES string of the molecule is COc1cc(-c2noc(C)n2)c(C(=O)C(=O)NC(C)(C)C)cc1O. The van der Waals surface area contributed by atoms with E-state index in [1.165, 1.54) is 13.2 Å². The molecule has 2 aromatic rings. The van der Waals surface area contributed by atoms with E-state index in [1.807, 2.05) is 0 Å². The molecule has 0 aliphatic rings. The van der Waals surface area contributed by atoms with Crippen LogP contribution >= 0.6 is 0 Å². The summed E-state index contributed by atoms with van der Waals surface area (Å²) in [5, 5.41) is 16.3. The summed E-state index contributed by atoms with van der Waals surface area (Å²) in [6.45, 7) is 6.87. The molecule has 0 saturated carbocycles. The van der Waals surface area contributed by atoms with Crippen molar-refractivity contribution in [3.63, 3.8) is 0 Å². The zero-order valence-corrected chi connectivity index (χ0v) is 14.1. The zero-order valence-electron chi connectivity index (χ0n) is 14.1. The molecule has 0 bridgehead atoms. The number of hydrogen-bond donors (Lipinski definition) is 2. The quantitative estimate of drug-likeness (QED) is 0.648. The van der Waals surface area contributed by atoms with Gasteiger partial charge >= 0.3 is 0 Å². The van der Waals surface area contributed by atoms with E-state index < -0.39 is 17.2 Å².